The standard InChI is InChI=1S/C22H27N5O2/c1-3-4-13-29-19-11-7-17(8-12-19)27-22-20(23)21(25-15-26-22)24-14-16-5-9-18(28-2)10-6-16/h5-12,15H,3-4,13-14,23H2,1-2H3,(H2,24,25,26,27). The lowest BCUT2D eigenvalue weighted by Gasteiger charge is -2.13. The molecule has 0 spiro atoms. The van der Waals surface area contributed by atoms with E-state index in [2.05, 4.69) is 27.5 Å². The van der Waals surface area contributed by atoms with Gasteiger partial charge in [-0.15, -0.1) is 0 Å². The van der Waals surface area contributed by atoms with Gasteiger partial charge in [-0.05, 0) is 48.4 Å². The van der Waals surface area contributed by atoms with Crippen molar-refractivity contribution in [3.05, 3.63) is 60.4 Å². The molecule has 0 unspecified atom stereocenters. The molecule has 0 aliphatic carbocycles. The van der Waals surface area contributed by atoms with Crippen molar-refractivity contribution in [2.45, 2.75) is 26.3 Å². The second-order valence-corrected chi connectivity index (χ2v) is 6.54. The van der Waals surface area contributed by atoms with Crippen LogP contribution in [0.15, 0.2) is 54.9 Å². The number of rotatable bonds is 10. The van der Waals surface area contributed by atoms with Gasteiger partial charge in [-0.3, -0.25) is 0 Å². The molecule has 1 heterocycles. The summed E-state index contributed by atoms with van der Waals surface area (Å²) in [6, 6.07) is 15.6. The van der Waals surface area contributed by atoms with Crippen LogP contribution in [0.5, 0.6) is 11.5 Å². The molecule has 0 atom stereocenters. The number of benzene rings is 2. The topological polar surface area (TPSA) is 94.3 Å². The monoisotopic (exact) mass is 393 g/mol. The maximum atomic E-state index is 6.26. The molecule has 0 saturated heterocycles. The number of hydrogen-bond donors (Lipinski definition) is 3. The lowest BCUT2D eigenvalue weighted by atomic mass is 10.2. The summed E-state index contributed by atoms with van der Waals surface area (Å²) in [6.45, 7) is 3.46. The SMILES string of the molecule is CCCCOc1ccc(Nc2ncnc(NCc3ccc(OC)cc3)c2N)cc1. The zero-order valence-corrected chi connectivity index (χ0v) is 16.8. The summed E-state index contributed by atoms with van der Waals surface area (Å²) < 4.78 is 10.9. The summed E-state index contributed by atoms with van der Waals surface area (Å²) in [4.78, 5) is 8.51. The van der Waals surface area contributed by atoms with E-state index in [1.54, 1.807) is 7.11 Å². The van der Waals surface area contributed by atoms with Gasteiger partial charge in [-0.2, -0.15) is 0 Å². The third kappa shape index (κ3) is 5.75. The van der Waals surface area contributed by atoms with Crippen molar-refractivity contribution >= 4 is 23.0 Å². The Labute approximate surface area is 171 Å². The molecular weight excluding hydrogens is 366 g/mol. The molecule has 0 fully saturated rings. The number of aromatic nitrogens is 2. The number of methoxy groups -OCH3 is 1. The van der Waals surface area contributed by atoms with Crippen LogP contribution in [0.2, 0.25) is 0 Å². The van der Waals surface area contributed by atoms with Crippen LogP contribution in [-0.2, 0) is 6.54 Å². The Morgan fingerprint density at radius 3 is 2.31 bits per heavy atom. The van der Waals surface area contributed by atoms with Gasteiger partial charge in [0.15, 0.2) is 11.6 Å². The molecule has 7 nitrogen and oxygen atoms in total. The fourth-order valence-electron chi connectivity index (χ4n) is 2.67. The lowest BCUT2D eigenvalue weighted by Crippen LogP contribution is -2.08. The molecule has 152 valence electrons. The van der Waals surface area contributed by atoms with Crippen LogP contribution in [0.25, 0.3) is 0 Å². The fourth-order valence-corrected chi connectivity index (χ4v) is 2.67. The Morgan fingerprint density at radius 1 is 0.931 bits per heavy atom. The predicted octanol–water partition coefficient (Wildman–Crippen LogP) is 4.60. The maximum Gasteiger partial charge on any atom is 0.159 e. The molecule has 0 aliphatic heterocycles. The first-order valence-electron chi connectivity index (χ1n) is 9.66. The average molecular weight is 393 g/mol. The predicted molar refractivity (Wildman–Crippen MR) is 117 cm³/mol. The van der Waals surface area contributed by atoms with Crippen LogP contribution in [0.1, 0.15) is 25.3 Å². The number of ether oxygens (including phenoxy) is 2. The maximum absolute atomic E-state index is 6.26. The summed E-state index contributed by atoms with van der Waals surface area (Å²) in [5, 5.41) is 6.49. The van der Waals surface area contributed by atoms with Gasteiger partial charge in [0.25, 0.3) is 0 Å². The van der Waals surface area contributed by atoms with Crippen molar-refractivity contribution < 1.29 is 9.47 Å². The van der Waals surface area contributed by atoms with E-state index in [4.69, 9.17) is 15.2 Å². The highest BCUT2D eigenvalue weighted by molar-refractivity contribution is 5.77. The number of nitrogens with two attached hydrogens (primary N) is 1. The molecule has 1 aromatic heterocycles. The summed E-state index contributed by atoms with van der Waals surface area (Å²) >= 11 is 0. The third-order valence-electron chi connectivity index (χ3n) is 4.39. The first kappa shape index (κ1) is 20.3. The van der Waals surface area contributed by atoms with Crippen molar-refractivity contribution in [3.63, 3.8) is 0 Å². The molecule has 2 aromatic carbocycles. The highest BCUT2D eigenvalue weighted by Gasteiger charge is 2.08. The Morgan fingerprint density at radius 2 is 1.62 bits per heavy atom. The fraction of sp³-hybridized carbons (Fsp3) is 0.273. The van der Waals surface area contributed by atoms with Gasteiger partial charge in [-0.25, -0.2) is 9.97 Å². The van der Waals surface area contributed by atoms with Crippen molar-refractivity contribution in [2.75, 3.05) is 30.1 Å². The molecule has 3 aromatic rings. The second-order valence-electron chi connectivity index (χ2n) is 6.54. The van der Waals surface area contributed by atoms with Crippen molar-refractivity contribution in [1.29, 1.82) is 0 Å². The summed E-state index contributed by atoms with van der Waals surface area (Å²) in [7, 11) is 1.65. The lowest BCUT2D eigenvalue weighted by molar-refractivity contribution is 0.309. The van der Waals surface area contributed by atoms with E-state index in [-0.39, 0.29) is 0 Å². The van der Waals surface area contributed by atoms with E-state index in [0.717, 1.165) is 42.2 Å². The van der Waals surface area contributed by atoms with Crippen molar-refractivity contribution in [1.82, 2.24) is 9.97 Å². The number of hydrogen-bond acceptors (Lipinski definition) is 7. The van der Waals surface area contributed by atoms with Crippen molar-refractivity contribution in [3.8, 4) is 11.5 Å². The summed E-state index contributed by atoms with van der Waals surface area (Å²) in [5.41, 5.74) is 8.69. The van der Waals surface area contributed by atoms with Crippen LogP contribution in [0.4, 0.5) is 23.0 Å². The first-order chi connectivity index (χ1) is 14.2. The minimum atomic E-state index is 0.462. The Hall–Kier alpha value is -3.48. The average Bonchev–Trinajstić information content (AvgIpc) is 2.76. The smallest absolute Gasteiger partial charge is 0.159 e. The Bertz CT molecular complexity index is 898. The summed E-state index contributed by atoms with van der Waals surface area (Å²) in [5.74, 6) is 2.81. The molecule has 0 bridgehead atoms. The first-order valence-corrected chi connectivity index (χ1v) is 9.66. The largest absolute Gasteiger partial charge is 0.497 e. The van der Waals surface area contributed by atoms with E-state index in [1.165, 1.54) is 6.33 Å². The van der Waals surface area contributed by atoms with Crippen LogP contribution in [0, 0.1) is 0 Å². The molecular formula is C22H27N5O2. The van der Waals surface area contributed by atoms with Crippen LogP contribution < -0.4 is 25.8 Å². The zero-order chi connectivity index (χ0) is 20.5. The Kier molecular flexibility index (Phi) is 7.10. The molecule has 0 amide bonds. The molecule has 0 radical (unpaired) electrons. The number of nitrogens with zero attached hydrogens (tertiary/aromatic N) is 2. The van der Waals surface area contributed by atoms with Gasteiger partial charge in [-0.1, -0.05) is 25.5 Å². The minimum absolute atomic E-state index is 0.462. The van der Waals surface area contributed by atoms with E-state index in [9.17, 15) is 0 Å². The third-order valence-corrected chi connectivity index (χ3v) is 4.39. The van der Waals surface area contributed by atoms with E-state index in [0.29, 0.717) is 23.9 Å². The molecule has 0 aliphatic rings. The number of anilines is 4. The van der Waals surface area contributed by atoms with Gasteiger partial charge in [0.1, 0.15) is 23.5 Å². The second kappa shape index (κ2) is 10.2. The zero-order valence-electron chi connectivity index (χ0n) is 16.8. The number of nitrogens with one attached hydrogen (secondary N) is 2. The van der Waals surface area contributed by atoms with Gasteiger partial charge in [0.2, 0.25) is 0 Å². The molecule has 4 N–H and O–H groups in total. The molecule has 29 heavy (non-hydrogen) atoms. The molecule has 3 rings (SSSR count). The highest BCUT2D eigenvalue weighted by atomic mass is 16.5. The van der Waals surface area contributed by atoms with Crippen LogP contribution in [0.3, 0.4) is 0 Å². The van der Waals surface area contributed by atoms with Crippen LogP contribution >= 0.6 is 0 Å². The molecule has 7 heteroatoms. The van der Waals surface area contributed by atoms with E-state index in [1.807, 2.05) is 48.5 Å². The minimum Gasteiger partial charge on any atom is -0.497 e. The quantitative estimate of drug-likeness (QED) is 0.433. The normalized spacial score (nSPS) is 10.4. The van der Waals surface area contributed by atoms with Crippen molar-refractivity contribution in [2.24, 2.45) is 0 Å². The van der Waals surface area contributed by atoms with E-state index < -0.39 is 0 Å². The number of nitrogen functional groups attached to an aromatic ring is 1. The van der Waals surface area contributed by atoms with E-state index >= 15 is 0 Å². The Balaban J connectivity index is 1.62. The summed E-state index contributed by atoms with van der Waals surface area (Å²) in [6.07, 6.45) is 3.64. The van der Waals surface area contributed by atoms with Gasteiger partial charge in [0.05, 0.1) is 13.7 Å². The van der Waals surface area contributed by atoms with Gasteiger partial charge in [0, 0.05) is 12.2 Å². The highest BCUT2D eigenvalue weighted by Crippen LogP contribution is 2.27. The number of unbranched alkanes of at least 4 members (excludes halogenated alkanes) is 1. The van der Waals surface area contributed by atoms with Gasteiger partial charge < -0.3 is 25.8 Å². The van der Waals surface area contributed by atoms with Gasteiger partial charge >= 0.3 is 0 Å². The van der Waals surface area contributed by atoms with Crippen LogP contribution in [-0.4, -0.2) is 23.7 Å². The molecule has 0 saturated carbocycles.